The van der Waals surface area contributed by atoms with Gasteiger partial charge in [-0.1, -0.05) is 0 Å². The molecule has 1 aliphatic heterocycles. The Morgan fingerprint density at radius 1 is 1.06 bits per heavy atom. The fourth-order valence-electron chi connectivity index (χ4n) is 1.58. The van der Waals surface area contributed by atoms with Crippen LogP contribution in [0.25, 0.3) is 0 Å². The molecule has 0 amide bonds. The highest BCUT2D eigenvalue weighted by molar-refractivity contribution is 5.77. The van der Waals surface area contributed by atoms with Gasteiger partial charge in [0.25, 0.3) is 0 Å². The molecule has 1 aromatic rings. The Morgan fingerprint density at radius 3 is 2.00 bits per heavy atom. The first-order chi connectivity index (χ1) is 7.79. The fourth-order valence-corrected chi connectivity index (χ4v) is 1.58. The standard InChI is InChI=1S/C9H10F3N3O2/c10-9(11,12)3-1-5-6(2-4(3)13)15-8(17)7(16)14-5/h1-2,7-8,14-17H,13H2. The smallest absolute Gasteiger partial charge is 0.398 e. The van der Waals surface area contributed by atoms with Crippen molar-refractivity contribution in [3.05, 3.63) is 17.7 Å². The number of aliphatic hydroxyl groups excluding tert-OH is 2. The van der Waals surface area contributed by atoms with Crippen molar-refractivity contribution in [3.63, 3.8) is 0 Å². The fraction of sp³-hybridized carbons (Fsp3) is 0.333. The normalized spacial score (nSPS) is 23.6. The summed E-state index contributed by atoms with van der Waals surface area (Å²) in [5.41, 5.74) is 4.07. The van der Waals surface area contributed by atoms with E-state index < -0.39 is 29.9 Å². The van der Waals surface area contributed by atoms with Crippen molar-refractivity contribution in [3.8, 4) is 0 Å². The molecule has 1 heterocycles. The van der Waals surface area contributed by atoms with Gasteiger partial charge in [0, 0.05) is 5.69 Å². The average Bonchev–Trinajstić information content (AvgIpc) is 2.18. The first kappa shape index (κ1) is 11.8. The van der Waals surface area contributed by atoms with Gasteiger partial charge in [0.05, 0.1) is 16.9 Å². The van der Waals surface area contributed by atoms with E-state index in [4.69, 9.17) is 5.73 Å². The maximum absolute atomic E-state index is 12.6. The minimum absolute atomic E-state index is 0.0318. The van der Waals surface area contributed by atoms with Gasteiger partial charge in [-0.25, -0.2) is 0 Å². The summed E-state index contributed by atoms with van der Waals surface area (Å²) < 4.78 is 37.7. The Bertz CT molecular complexity index is 450. The van der Waals surface area contributed by atoms with Gasteiger partial charge >= 0.3 is 6.18 Å². The Labute approximate surface area is 94.0 Å². The van der Waals surface area contributed by atoms with E-state index in [1.807, 2.05) is 0 Å². The van der Waals surface area contributed by atoms with Gasteiger partial charge in [0.2, 0.25) is 0 Å². The van der Waals surface area contributed by atoms with Crippen molar-refractivity contribution >= 4 is 17.1 Å². The van der Waals surface area contributed by atoms with Crippen LogP contribution in [0, 0.1) is 0 Å². The monoisotopic (exact) mass is 249 g/mol. The zero-order valence-electron chi connectivity index (χ0n) is 8.42. The summed E-state index contributed by atoms with van der Waals surface area (Å²) >= 11 is 0. The molecule has 0 spiro atoms. The van der Waals surface area contributed by atoms with Gasteiger partial charge in [-0.2, -0.15) is 13.2 Å². The molecule has 2 atom stereocenters. The first-order valence-electron chi connectivity index (χ1n) is 4.69. The summed E-state index contributed by atoms with van der Waals surface area (Å²) in [5, 5.41) is 23.3. The zero-order chi connectivity index (χ0) is 12.8. The van der Waals surface area contributed by atoms with Crippen LogP contribution in [0.3, 0.4) is 0 Å². The lowest BCUT2D eigenvalue weighted by Crippen LogP contribution is -2.42. The molecule has 8 heteroatoms. The molecule has 0 aromatic heterocycles. The number of aliphatic hydroxyl groups is 2. The molecule has 1 aromatic carbocycles. The van der Waals surface area contributed by atoms with Crippen molar-refractivity contribution in [2.24, 2.45) is 0 Å². The van der Waals surface area contributed by atoms with Crippen LogP contribution in [0.15, 0.2) is 12.1 Å². The Balaban J connectivity index is 2.47. The molecule has 0 saturated carbocycles. The Kier molecular flexibility index (Phi) is 2.55. The van der Waals surface area contributed by atoms with E-state index in [1.165, 1.54) is 0 Å². The molecular weight excluding hydrogens is 239 g/mol. The van der Waals surface area contributed by atoms with E-state index in [0.29, 0.717) is 0 Å². The van der Waals surface area contributed by atoms with Crippen LogP contribution in [0.4, 0.5) is 30.2 Å². The molecule has 1 aliphatic rings. The lowest BCUT2D eigenvalue weighted by Gasteiger charge is -2.30. The van der Waals surface area contributed by atoms with Crippen molar-refractivity contribution in [1.29, 1.82) is 0 Å². The third kappa shape index (κ3) is 2.08. The number of hydrogen-bond donors (Lipinski definition) is 5. The summed E-state index contributed by atoms with van der Waals surface area (Å²) in [5.74, 6) is 0. The summed E-state index contributed by atoms with van der Waals surface area (Å²) in [4.78, 5) is 0. The second-order valence-electron chi connectivity index (χ2n) is 3.66. The minimum Gasteiger partial charge on any atom is -0.398 e. The number of nitrogen functional groups attached to an aromatic ring is 1. The lowest BCUT2D eigenvalue weighted by molar-refractivity contribution is -0.136. The quantitative estimate of drug-likeness (QED) is 0.438. The van der Waals surface area contributed by atoms with Gasteiger partial charge in [-0.3, -0.25) is 0 Å². The molecule has 17 heavy (non-hydrogen) atoms. The van der Waals surface area contributed by atoms with Crippen molar-refractivity contribution in [2.45, 2.75) is 18.6 Å². The maximum atomic E-state index is 12.6. The molecule has 94 valence electrons. The largest absolute Gasteiger partial charge is 0.418 e. The minimum atomic E-state index is -4.57. The van der Waals surface area contributed by atoms with Crippen molar-refractivity contribution < 1.29 is 23.4 Å². The van der Waals surface area contributed by atoms with Crippen LogP contribution >= 0.6 is 0 Å². The number of fused-ring (bicyclic) bond motifs is 1. The number of alkyl halides is 3. The average molecular weight is 249 g/mol. The molecule has 2 rings (SSSR count). The molecule has 0 aliphatic carbocycles. The molecule has 2 unspecified atom stereocenters. The van der Waals surface area contributed by atoms with Gasteiger partial charge in [0.1, 0.15) is 0 Å². The predicted octanol–water partition coefficient (Wildman–Crippen LogP) is 0.762. The van der Waals surface area contributed by atoms with Crippen LogP contribution in [-0.4, -0.2) is 22.7 Å². The second kappa shape index (κ2) is 3.67. The van der Waals surface area contributed by atoms with E-state index in [2.05, 4.69) is 10.6 Å². The number of halogens is 3. The molecular formula is C9H10F3N3O2. The predicted molar refractivity (Wildman–Crippen MR) is 55.1 cm³/mol. The number of anilines is 3. The summed E-state index contributed by atoms with van der Waals surface area (Å²) in [7, 11) is 0. The van der Waals surface area contributed by atoms with Crippen LogP contribution in [-0.2, 0) is 6.18 Å². The molecule has 6 N–H and O–H groups in total. The van der Waals surface area contributed by atoms with Crippen LogP contribution < -0.4 is 16.4 Å². The van der Waals surface area contributed by atoms with Crippen LogP contribution in [0.1, 0.15) is 5.56 Å². The van der Waals surface area contributed by atoms with Crippen LogP contribution in [0.2, 0.25) is 0 Å². The summed E-state index contributed by atoms with van der Waals surface area (Å²) in [6.45, 7) is 0. The Morgan fingerprint density at radius 2 is 1.53 bits per heavy atom. The highest BCUT2D eigenvalue weighted by atomic mass is 19.4. The molecule has 5 nitrogen and oxygen atoms in total. The third-order valence-electron chi connectivity index (χ3n) is 2.40. The SMILES string of the molecule is Nc1cc2c(cc1C(F)(F)F)NC(O)C(O)N2. The number of benzene rings is 1. The summed E-state index contributed by atoms with van der Waals surface area (Å²) in [6.07, 6.45) is -7.26. The van der Waals surface area contributed by atoms with Crippen molar-refractivity contribution in [2.75, 3.05) is 16.4 Å². The van der Waals surface area contributed by atoms with Gasteiger partial charge in [-0.15, -0.1) is 0 Å². The highest BCUT2D eigenvalue weighted by Crippen LogP contribution is 2.39. The number of rotatable bonds is 0. The molecule has 0 radical (unpaired) electrons. The first-order valence-corrected chi connectivity index (χ1v) is 4.69. The van der Waals surface area contributed by atoms with Gasteiger partial charge < -0.3 is 26.6 Å². The number of hydrogen-bond acceptors (Lipinski definition) is 5. The Hall–Kier alpha value is -1.67. The van der Waals surface area contributed by atoms with E-state index in [0.717, 1.165) is 12.1 Å². The third-order valence-corrected chi connectivity index (χ3v) is 2.40. The topological polar surface area (TPSA) is 90.5 Å². The van der Waals surface area contributed by atoms with Crippen LogP contribution in [0.5, 0.6) is 0 Å². The lowest BCUT2D eigenvalue weighted by atomic mass is 10.1. The maximum Gasteiger partial charge on any atom is 0.418 e. The molecule has 0 saturated heterocycles. The molecule has 0 bridgehead atoms. The summed E-state index contributed by atoms with van der Waals surface area (Å²) in [6, 6.07) is 1.84. The van der Waals surface area contributed by atoms with E-state index in [9.17, 15) is 23.4 Å². The van der Waals surface area contributed by atoms with Gasteiger partial charge in [-0.05, 0) is 12.1 Å². The van der Waals surface area contributed by atoms with E-state index in [-0.39, 0.29) is 11.4 Å². The zero-order valence-corrected chi connectivity index (χ0v) is 8.42. The van der Waals surface area contributed by atoms with E-state index >= 15 is 0 Å². The number of nitrogens with two attached hydrogens (primary N) is 1. The number of nitrogens with one attached hydrogen (secondary N) is 2. The van der Waals surface area contributed by atoms with E-state index in [1.54, 1.807) is 0 Å². The second-order valence-corrected chi connectivity index (χ2v) is 3.66. The van der Waals surface area contributed by atoms with Crippen molar-refractivity contribution in [1.82, 2.24) is 0 Å². The highest BCUT2D eigenvalue weighted by Gasteiger charge is 2.35. The molecule has 0 fully saturated rings. The van der Waals surface area contributed by atoms with Gasteiger partial charge in [0.15, 0.2) is 12.5 Å².